The Kier molecular flexibility index (Phi) is 3.37. The van der Waals surface area contributed by atoms with Crippen molar-refractivity contribution in [2.45, 2.75) is 13.0 Å². The molecule has 0 aromatic heterocycles. The molecule has 14 heavy (non-hydrogen) atoms. The van der Waals surface area contributed by atoms with Crippen molar-refractivity contribution in [2.24, 2.45) is 0 Å². The summed E-state index contributed by atoms with van der Waals surface area (Å²) in [5, 5.41) is 20.1. The first-order valence-corrected chi connectivity index (χ1v) is 4.58. The second kappa shape index (κ2) is 4.17. The van der Waals surface area contributed by atoms with Gasteiger partial charge in [0.1, 0.15) is 0 Å². The van der Waals surface area contributed by atoms with E-state index in [0.717, 1.165) is 0 Å². The average molecular weight is 234 g/mol. The van der Waals surface area contributed by atoms with Crippen LogP contribution in [-0.4, -0.2) is 11.1 Å². The van der Waals surface area contributed by atoms with Crippen molar-refractivity contribution in [3.05, 3.63) is 33.3 Å². The summed E-state index contributed by atoms with van der Waals surface area (Å²) < 4.78 is 0. The molecule has 76 valence electrons. The van der Waals surface area contributed by atoms with Crippen LogP contribution in [-0.2, 0) is 0 Å². The van der Waals surface area contributed by atoms with E-state index in [0.29, 0.717) is 0 Å². The number of aromatic carboxylic acids is 1. The van der Waals surface area contributed by atoms with Gasteiger partial charge in [0, 0.05) is 16.1 Å². The van der Waals surface area contributed by atoms with Crippen LogP contribution in [0.25, 0.3) is 0 Å². The lowest BCUT2D eigenvalue weighted by molar-refractivity contribution is -0.255. The molecule has 0 aliphatic rings. The molecule has 1 atom stereocenters. The molecule has 0 fully saturated rings. The number of carbonyl (C=O) groups is 1. The largest absolute Gasteiger partial charge is 0.545 e. The molecule has 0 bridgehead atoms. The van der Waals surface area contributed by atoms with Crippen molar-refractivity contribution in [3.63, 3.8) is 0 Å². The molecule has 0 saturated heterocycles. The minimum absolute atomic E-state index is 0.0764. The second-order valence-electron chi connectivity index (χ2n) is 2.79. The number of rotatable bonds is 2. The SMILES string of the molecule is CC(O)c1c(Cl)ccc(C(=O)[O-])c1Cl. The molecule has 1 rings (SSSR count). The molecule has 0 spiro atoms. The number of carbonyl (C=O) groups excluding carboxylic acids is 1. The van der Waals surface area contributed by atoms with E-state index in [9.17, 15) is 15.0 Å². The molecule has 0 amide bonds. The van der Waals surface area contributed by atoms with E-state index >= 15 is 0 Å². The van der Waals surface area contributed by atoms with Crippen LogP contribution in [0.3, 0.4) is 0 Å². The Morgan fingerprint density at radius 3 is 2.50 bits per heavy atom. The van der Waals surface area contributed by atoms with Gasteiger partial charge in [-0.05, 0) is 13.0 Å². The molecule has 0 aliphatic heterocycles. The number of carboxylic acid groups (broad SMARTS) is 1. The third kappa shape index (κ3) is 2.00. The van der Waals surface area contributed by atoms with E-state index in [2.05, 4.69) is 0 Å². The number of benzene rings is 1. The molecule has 0 radical (unpaired) electrons. The third-order valence-corrected chi connectivity index (χ3v) is 2.50. The van der Waals surface area contributed by atoms with E-state index in [-0.39, 0.29) is 21.2 Å². The first-order valence-electron chi connectivity index (χ1n) is 3.82. The standard InChI is InChI=1S/C9H8Cl2O3/c1-4(12)7-6(10)3-2-5(8(7)11)9(13)14/h2-4,12H,1H3,(H,13,14)/p-1. The van der Waals surface area contributed by atoms with Gasteiger partial charge in [-0.1, -0.05) is 29.3 Å². The van der Waals surface area contributed by atoms with E-state index in [1.807, 2.05) is 0 Å². The summed E-state index contributed by atoms with van der Waals surface area (Å²) in [7, 11) is 0. The number of hydrogen-bond acceptors (Lipinski definition) is 3. The molecule has 1 unspecified atom stereocenters. The molecular formula is C9H7Cl2O3-. The van der Waals surface area contributed by atoms with Gasteiger partial charge in [0.2, 0.25) is 0 Å². The van der Waals surface area contributed by atoms with Crippen molar-refractivity contribution in [1.29, 1.82) is 0 Å². The van der Waals surface area contributed by atoms with Crippen LogP contribution in [0.5, 0.6) is 0 Å². The Labute approximate surface area is 90.9 Å². The van der Waals surface area contributed by atoms with E-state index in [1.54, 1.807) is 0 Å². The summed E-state index contributed by atoms with van der Waals surface area (Å²) in [6, 6.07) is 2.60. The minimum atomic E-state index is -1.39. The molecule has 0 aliphatic carbocycles. The zero-order chi connectivity index (χ0) is 10.9. The molecule has 0 heterocycles. The Balaban J connectivity index is 3.41. The topological polar surface area (TPSA) is 60.4 Å². The van der Waals surface area contributed by atoms with Gasteiger partial charge >= 0.3 is 0 Å². The quantitative estimate of drug-likeness (QED) is 0.841. The molecule has 3 nitrogen and oxygen atoms in total. The molecule has 5 heteroatoms. The third-order valence-electron chi connectivity index (χ3n) is 1.76. The number of carboxylic acids is 1. The summed E-state index contributed by atoms with van der Waals surface area (Å²) in [5.74, 6) is -1.39. The van der Waals surface area contributed by atoms with E-state index in [1.165, 1.54) is 19.1 Å². The summed E-state index contributed by atoms with van der Waals surface area (Å²) >= 11 is 11.5. The van der Waals surface area contributed by atoms with Gasteiger partial charge in [-0.25, -0.2) is 0 Å². The van der Waals surface area contributed by atoms with Crippen LogP contribution in [0.1, 0.15) is 28.9 Å². The molecule has 1 aromatic rings. The Morgan fingerprint density at radius 2 is 2.07 bits per heavy atom. The fourth-order valence-electron chi connectivity index (χ4n) is 1.11. The summed E-state index contributed by atoms with van der Waals surface area (Å²) in [6.45, 7) is 1.45. The highest BCUT2D eigenvalue weighted by Gasteiger charge is 2.15. The van der Waals surface area contributed by atoms with Crippen LogP contribution < -0.4 is 5.11 Å². The fraction of sp³-hybridized carbons (Fsp3) is 0.222. The van der Waals surface area contributed by atoms with Gasteiger partial charge in [-0.15, -0.1) is 0 Å². The first-order chi connectivity index (χ1) is 6.45. The number of aliphatic hydroxyl groups is 1. The van der Waals surface area contributed by atoms with Crippen LogP contribution in [0.15, 0.2) is 12.1 Å². The highest BCUT2D eigenvalue weighted by molar-refractivity contribution is 6.37. The average Bonchev–Trinajstić information content (AvgIpc) is 2.02. The van der Waals surface area contributed by atoms with Crippen LogP contribution >= 0.6 is 23.2 Å². The predicted molar refractivity (Wildman–Crippen MR) is 51.4 cm³/mol. The number of hydrogen-bond donors (Lipinski definition) is 1. The maximum Gasteiger partial charge on any atom is 0.0791 e. The van der Waals surface area contributed by atoms with Crippen molar-refractivity contribution in [2.75, 3.05) is 0 Å². The summed E-state index contributed by atoms with van der Waals surface area (Å²) in [6.07, 6.45) is -0.922. The maximum absolute atomic E-state index is 10.6. The summed E-state index contributed by atoms with van der Waals surface area (Å²) in [4.78, 5) is 10.6. The molecule has 1 aromatic carbocycles. The van der Waals surface area contributed by atoms with Gasteiger partial charge in [0.15, 0.2) is 0 Å². The van der Waals surface area contributed by atoms with Gasteiger partial charge in [0.05, 0.1) is 17.1 Å². The van der Waals surface area contributed by atoms with Crippen molar-refractivity contribution >= 4 is 29.2 Å². The monoisotopic (exact) mass is 233 g/mol. The van der Waals surface area contributed by atoms with E-state index in [4.69, 9.17) is 23.2 Å². The Hall–Kier alpha value is -0.770. The summed E-state index contributed by atoms with van der Waals surface area (Å²) in [5.41, 5.74) is 0.0296. The number of halogens is 2. The normalized spacial score (nSPS) is 12.6. The molecule has 0 saturated carbocycles. The van der Waals surface area contributed by atoms with Crippen molar-refractivity contribution in [1.82, 2.24) is 0 Å². The highest BCUT2D eigenvalue weighted by Crippen LogP contribution is 2.32. The second-order valence-corrected chi connectivity index (χ2v) is 3.57. The van der Waals surface area contributed by atoms with Crippen LogP contribution in [0, 0.1) is 0 Å². The highest BCUT2D eigenvalue weighted by atomic mass is 35.5. The molecular weight excluding hydrogens is 227 g/mol. The van der Waals surface area contributed by atoms with Gasteiger partial charge in [0.25, 0.3) is 0 Å². The molecule has 1 N–H and O–H groups in total. The lowest BCUT2D eigenvalue weighted by atomic mass is 10.1. The van der Waals surface area contributed by atoms with Gasteiger partial charge in [-0.2, -0.15) is 0 Å². The zero-order valence-corrected chi connectivity index (χ0v) is 8.76. The Bertz CT molecular complexity index is 375. The lowest BCUT2D eigenvalue weighted by Gasteiger charge is -2.13. The van der Waals surface area contributed by atoms with Crippen molar-refractivity contribution < 1.29 is 15.0 Å². The van der Waals surface area contributed by atoms with E-state index < -0.39 is 12.1 Å². The maximum atomic E-state index is 10.6. The number of aliphatic hydroxyl groups excluding tert-OH is 1. The zero-order valence-electron chi connectivity index (χ0n) is 7.25. The van der Waals surface area contributed by atoms with Crippen LogP contribution in [0.4, 0.5) is 0 Å². The van der Waals surface area contributed by atoms with Gasteiger partial charge in [-0.3, -0.25) is 0 Å². The van der Waals surface area contributed by atoms with Crippen LogP contribution in [0.2, 0.25) is 10.0 Å². The minimum Gasteiger partial charge on any atom is -0.545 e. The van der Waals surface area contributed by atoms with Crippen molar-refractivity contribution in [3.8, 4) is 0 Å². The first kappa shape index (κ1) is 11.3. The Morgan fingerprint density at radius 1 is 1.50 bits per heavy atom. The lowest BCUT2D eigenvalue weighted by Crippen LogP contribution is -2.23. The smallest absolute Gasteiger partial charge is 0.0791 e. The fourth-order valence-corrected chi connectivity index (χ4v) is 1.87. The predicted octanol–water partition coefficient (Wildman–Crippen LogP) is 1.41. The van der Waals surface area contributed by atoms with Gasteiger partial charge < -0.3 is 15.0 Å².